The second-order valence-electron chi connectivity index (χ2n) is 7.65. The molecule has 2 aromatic heterocycles. The van der Waals surface area contributed by atoms with Crippen LogP contribution in [-0.4, -0.2) is 33.9 Å². The lowest BCUT2D eigenvalue weighted by Gasteiger charge is -2.34. The summed E-state index contributed by atoms with van der Waals surface area (Å²) in [5.41, 5.74) is 2.82. The summed E-state index contributed by atoms with van der Waals surface area (Å²) in [5.74, 6) is 0.306. The summed E-state index contributed by atoms with van der Waals surface area (Å²) in [6.07, 6.45) is 1.65. The van der Waals surface area contributed by atoms with Gasteiger partial charge >= 0.3 is 0 Å². The van der Waals surface area contributed by atoms with Crippen LogP contribution in [0.3, 0.4) is 0 Å². The van der Waals surface area contributed by atoms with Gasteiger partial charge in [-0.25, -0.2) is 9.97 Å². The van der Waals surface area contributed by atoms with Gasteiger partial charge in [-0.1, -0.05) is 18.2 Å². The summed E-state index contributed by atoms with van der Waals surface area (Å²) in [5, 5.41) is 15.1. The Morgan fingerprint density at radius 2 is 1.97 bits per heavy atom. The van der Waals surface area contributed by atoms with Gasteiger partial charge in [0.2, 0.25) is 5.91 Å². The molecule has 1 aliphatic rings. The number of non-ortho nitro benzene ring substituents is 1. The number of para-hydroxylation sites is 1. The quantitative estimate of drug-likeness (QED) is 0.520. The van der Waals surface area contributed by atoms with Crippen molar-refractivity contribution in [3.05, 3.63) is 64.0 Å². The topological polar surface area (TPSA) is 101 Å². The summed E-state index contributed by atoms with van der Waals surface area (Å²) in [6, 6.07) is 12.5. The van der Waals surface area contributed by atoms with E-state index in [1.165, 1.54) is 6.07 Å². The van der Waals surface area contributed by atoms with Crippen molar-refractivity contribution in [2.45, 2.75) is 26.7 Å². The second kappa shape index (κ2) is 8.06. The van der Waals surface area contributed by atoms with Crippen LogP contribution in [0.25, 0.3) is 10.9 Å². The van der Waals surface area contributed by atoms with E-state index in [-0.39, 0.29) is 17.5 Å². The highest BCUT2D eigenvalue weighted by molar-refractivity contribution is 5.98. The zero-order valence-corrected chi connectivity index (χ0v) is 17.0. The fourth-order valence-corrected chi connectivity index (χ4v) is 4.00. The molecular formula is C22H23N5O3. The number of anilines is 2. The molecule has 0 bridgehead atoms. The van der Waals surface area contributed by atoms with Crippen molar-refractivity contribution >= 4 is 34.0 Å². The number of carbonyl (C=O) groups excluding carboxylic acids is 1. The maximum atomic E-state index is 12.9. The molecule has 1 N–H and O–H groups in total. The maximum Gasteiger partial charge on any atom is 0.295 e. The Morgan fingerprint density at radius 1 is 1.17 bits per heavy atom. The van der Waals surface area contributed by atoms with Crippen molar-refractivity contribution in [1.82, 2.24) is 9.97 Å². The molecule has 1 unspecified atom stereocenters. The number of nitro groups is 1. The number of aromatic nitrogens is 2. The third kappa shape index (κ3) is 3.94. The number of pyridine rings is 2. The van der Waals surface area contributed by atoms with Crippen LogP contribution in [0.1, 0.15) is 24.2 Å². The van der Waals surface area contributed by atoms with Gasteiger partial charge in [0.25, 0.3) is 5.69 Å². The number of nitro benzene ring substituents is 1. The second-order valence-corrected chi connectivity index (χ2v) is 7.65. The average Bonchev–Trinajstić information content (AvgIpc) is 2.72. The lowest BCUT2D eigenvalue weighted by Crippen LogP contribution is -2.41. The Kier molecular flexibility index (Phi) is 5.31. The molecule has 1 atom stereocenters. The zero-order valence-electron chi connectivity index (χ0n) is 17.0. The minimum atomic E-state index is -0.403. The number of aryl methyl sites for hydroxylation is 2. The summed E-state index contributed by atoms with van der Waals surface area (Å²) < 4.78 is 0. The first kappa shape index (κ1) is 19.8. The van der Waals surface area contributed by atoms with Crippen molar-refractivity contribution < 1.29 is 9.72 Å². The van der Waals surface area contributed by atoms with Gasteiger partial charge in [0.15, 0.2) is 5.52 Å². The molecule has 4 rings (SSSR count). The van der Waals surface area contributed by atoms with Crippen LogP contribution in [0.2, 0.25) is 0 Å². The van der Waals surface area contributed by atoms with Gasteiger partial charge in [-0.15, -0.1) is 0 Å². The van der Waals surface area contributed by atoms with E-state index >= 15 is 0 Å². The number of rotatable bonds is 4. The number of nitrogens with one attached hydrogen (secondary N) is 1. The number of fused-ring (bicyclic) bond motifs is 1. The van der Waals surface area contributed by atoms with Crippen LogP contribution in [0.5, 0.6) is 0 Å². The third-order valence-corrected chi connectivity index (χ3v) is 5.39. The number of hydrogen-bond acceptors (Lipinski definition) is 6. The van der Waals surface area contributed by atoms with E-state index in [0.717, 1.165) is 36.2 Å². The molecule has 3 heterocycles. The van der Waals surface area contributed by atoms with Gasteiger partial charge in [-0.05, 0) is 44.9 Å². The smallest absolute Gasteiger partial charge is 0.295 e. The van der Waals surface area contributed by atoms with Crippen molar-refractivity contribution in [1.29, 1.82) is 0 Å². The largest absolute Gasteiger partial charge is 0.370 e. The highest BCUT2D eigenvalue weighted by atomic mass is 16.6. The number of nitrogens with zero attached hydrogens (tertiary/aromatic N) is 4. The van der Waals surface area contributed by atoms with E-state index in [0.29, 0.717) is 23.6 Å². The molecule has 8 nitrogen and oxygen atoms in total. The Bertz CT molecular complexity index is 1130. The number of hydrogen-bond donors (Lipinski definition) is 1. The molecule has 1 fully saturated rings. The van der Waals surface area contributed by atoms with Crippen LogP contribution < -0.4 is 10.2 Å². The van der Waals surface area contributed by atoms with Crippen LogP contribution in [0.15, 0.2) is 42.5 Å². The van der Waals surface area contributed by atoms with Gasteiger partial charge in [-0.3, -0.25) is 14.9 Å². The average molecular weight is 405 g/mol. The molecule has 0 aliphatic carbocycles. The van der Waals surface area contributed by atoms with Crippen molar-refractivity contribution in [2.24, 2.45) is 5.92 Å². The van der Waals surface area contributed by atoms with Gasteiger partial charge in [0, 0.05) is 41.6 Å². The lowest BCUT2D eigenvalue weighted by molar-refractivity contribution is -0.383. The fraction of sp³-hybridized carbons (Fsp3) is 0.318. The van der Waals surface area contributed by atoms with Crippen molar-refractivity contribution in [3.63, 3.8) is 0 Å². The predicted octanol–water partition coefficient (Wildman–Crippen LogP) is 4.01. The van der Waals surface area contributed by atoms with E-state index < -0.39 is 4.92 Å². The molecular weight excluding hydrogens is 382 g/mol. The SMILES string of the molecule is Cc1cccc(NC(=O)C2CCCN(c3cc(C)nc4c([N+](=O)[O-])cccc34)C2)n1. The lowest BCUT2D eigenvalue weighted by atomic mass is 9.96. The molecule has 0 radical (unpaired) electrons. The van der Waals surface area contributed by atoms with E-state index in [4.69, 9.17) is 0 Å². The first-order valence-electron chi connectivity index (χ1n) is 9.96. The van der Waals surface area contributed by atoms with Crippen molar-refractivity contribution in [2.75, 3.05) is 23.3 Å². The molecule has 3 aromatic rings. The first-order chi connectivity index (χ1) is 14.4. The molecule has 1 aromatic carbocycles. The molecule has 30 heavy (non-hydrogen) atoms. The Balaban J connectivity index is 1.62. The molecule has 0 saturated carbocycles. The Hall–Kier alpha value is -3.55. The van der Waals surface area contributed by atoms with Gasteiger partial charge in [0.1, 0.15) is 5.82 Å². The minimum Gasteiger partial charge on any atom is -0.370 e. The fourth-order valence-electron chi connectivity index (χ4n) is 4.00. The van der Waals surface area contributed by atoms with Crippen LogP contribution in [-0.2, 0) is 4.79 Å². The molecule has 1 amide bonds. The molecule has 0 spiro atoms. The Morgan fingerprint density at radius 3 is 2.73 bits per heavy atom. The highest BCUT2D eigenvalue weighted by Crippen LogP contribution is 2.34. The predicted molar refractivity (Wildman–Crippen MR) is 116 cm³/mol. The normalized spacial score (nSPS) is 16.5. The molecule has 1 saturated heterocycles. The van der Waals surface area contributed by atoms with Gasteiger partial charge < -0.3 is 10.2 Å². The summed E-state index contributed by atoms with van der Waals surface area (Å²) >= 11 is 0. The number of piperidine rings is 1. The standard InChI is InChI=1S/C22H23N5O3/c1-14-6-3-10-20(23-14)25-22(28)16-7-5-11-26(13-16)19-12-15(2)24-21-17(19)8-4-9-18(21)27(29)30/h3-4,6,8-10,12,16H,5,7,11,13H2,1-2H3,(H,23,25,28). The van der Waals surface area contributed by atoms with E-state index in [2.05, 4.69) is 20.2 Å². The Labute approximate surface area is 174 Å². The van der Waals surface area contributed by atoms with E-state index in [1.54, 1.807) is 12.1 Å². The van der Waals surface area contributed by atoms with Gasteiger partial charge in [0.05, 0.1) is 10.8 Å². The van der Waals surface area contributed by atoms with E-state index in [9.17, 15) is 14.9 Å². The van der Waals surface area contributed by atoms with Crippen molar-refractivity contribution in [3.8, 4) is 0 Å². The van der Waals surface area contributed by atoms with Crippen LogP contribution >= 0.6 is 0 Å². The number of amides is 1. The summed E-state index contributed by atoms with van der Waals surface area (Å²) in [7, 11) is 0. The maximum absolute atomic E-state index is 12.9. The molecule has 1 aliphatic heterocycles. The third-order valence-electron chi connectivity index (χ3n) is 5.39. The number of carbonyl (C=O) groups is 1. The zero-order chi connectivity index (χ0) is 21.3. The minimum absolute atomic E-state index is 0.00530. The molecule has 154 valence electrons. The van der Waals surface area contributed by atoms with E-state index in [1.807, 2.05) is 38.1 Å². The monoisotopic (exact) mass is 405 g/mol. The van der Waals surface area contributed by atoms with Crippen LogP contribution in [0, 0.1) is 29.9 Å². The van der Waals surface area contributed by atoms with Gasteiger partial charge in [-0.2, -0.15) is 0 Å². The molecule has 8 heteroatoms. The number of benzene rings is 1. The highest BCUT2D eigenvalue weighted by Gasteiger charge is 2.28. The first-order valence-corrected chi connectivity index (χ1v) is 9.96. The summed E-state index contributed by atoms with van der Waals surface area (Å²) in [4.78, 5) is 34.8. The summed E-state index contributed by atoms with van der Waals surface area (Å²) in [6.45, 7) is 5.04. The van der Waals surface area contributed by atoms with Crippen LogP contribution in [0.4, 0.5) is 17.2 Å².